The summed E-state index contributed by atoms with van der Waals surface area (Å²) in [5.74, 6) is 1.86. The van der Waals surface area contributed by atoms with Crippen LogP contribution in [0.5, 0.6) is 0 Å². The first kappa shape index (κ1) is 20.0. The highest BCUT2D eigenvalue weighted by Crippen LogP contribution is 2.15. The molecule has 0 aliphatic carbocycles. The lowest BCUT2D eigenvalue weighted by Gasteiger charge is -2.35. The molecule has 2 atom stereocenters. The molecule has 1 heterocycles. The number of hydrogen-bond donors (Lipinski definition) is 1. The van der Waals surface area contributed by atoms with Gasteiger partial charge >= 0.3 is 0 Å². The zero-order valence-corrected chi connectivity index (χ0v) is 16.2. The van der Waals surface area contributed by atoms with Gasteiger partial charge in [0.05, 0.1) is 0 Å². The van der Waals surface area contributed by atoms with Gasteiger partial charge in [-0.25, -0.2) is 0 Å². The first-order valence-corrected chi connectivity index (χ1v) is 7.81. The van der Waals surface area contributed by atoms with Crippen molar-refractivity contribution in [2.24, 2.45) is 10.9 Å². The highest BCUT2D eigenvalue weighted by Gasteiger charge is 2.19. The monoisotopic (exact) mass is 396 g/mol. The normalized spacial score (nSPS) is 21.6. The molecule has 0 aromatic rings. The molecule has 1 N–H and O–H groups in total. The average Bonchev–Trinajstić information content (AvgIpc) is 2.41. The number of aliphatic imine (C=N–C) groups is 1. The largest absolute Gasteiger partial charge is 0.355 e. The number of guanidine groups is 1. The predicted octanol–water partition coefficient (Wildman–Crippen LogP) is 2.64. The summed E-state index contributed by atoms with van der Waals surface area (Å²) in [7, 11) is 1.89. The van der Waals surface area contributed by atoms with Crippen LogP contribution in [0.25, 0.3) is 0 Å². The Morgan fingerprint density at radius 1 is 1.40 bits per heavy atom. The molecular weight excluding hydrogens is 363 g/mol. The van der Waals surface area contributed by atoms with Crippen molar-refractivity contribution in [1.82, 2.24) is 15.1 Å². The van der Waals surface area contributed by atoms with Crippen molar-refractivity contribution >= 4 is 29.9 Å². The molecule has 0 saturated carbocycles. The average molecular weight is 396 g/mol. The number of rotatable bonds is 5. The van der Waals surface area contributed by atoms with E-state index in [1.165, 1.54) is 12.8 Å². The molecule has 0 aromatic carbocycles. The van der Waals surface area contributed by atoms with Crippen LogP contribution in [0.1, 0.15) is 40.5 Å². The van der Waals surface area contributed by atoms with E-state index in [1.807, 2.05) is 7.05 Å². The molecule has 0 bridgehead atoms. The summed E-state index contributed by atoms with van der Waals surface area (Å²) < 4.78 is 0. The molecule has 5 heteroatoms. The van der Waals surface area contributed by atoms with E-state index in [4.69, 9.17) is 0 Å². The van der Waals surface area contributed by atoms with E-state index in [9.17, 15) is 0 Å². The van der Waals surface area contributed by atoms with Crippen LogP contribution in [0.4, 0.5) is 0 Å². The summed E-state index contributed by atoms with van der Waals surface area (Å²) in [5, 5.41) is 3.54. The molecule has 0 spiro atoms. The molecule has 120 valence electrons. The first-order valence-electron chi connectivity index (χ1n) is 7.81. The zero-order chi connectivity index (χ0) is 14.3. The molecule has 2 unspecified atom stereocenters. The fraction of sp³-hybridized carbons (Fsp3) is 0.933. The summed E-state index contributed by atoms with van der Waals surface area (Å²) in [6.45, 7) is 14.5. The van der Waals surface area contributed by atoms with Crippen LogP contribution in [0.2, 0.25) is 0 Å². The van der Waals surface area contributed by atoms with Gasteiger partial charge in [0, 0.05) is 32.7 Å². The van der Waals surface area contributed by atoms with E-state index in [2.05, 4.69) is 47.8 Å². The van der Waals surface area contributed by atoms with Gasteiger partial charge in [-0.15, -0.1) is 24.0 Å². The van der Waals surface area contributed by atoms with Crippen molar-refractivity contribution in [3.63, 3.8) is 0 Å². The molecule has 1 rings (SSSR count). The van der Waals surface area contributed by atoms with Gasteiger partial charge in [0.15, 0.2) is 5.96 Å². The molecular formula is C15H33IN4. The Morgan fingerprint density at radius 2 is 2.05 bits per heavy atom. The highest BCUT2D eigenvalue weighted by atomic mass is 127. The second-order valence-corrected chi connectivity index (χ2v) is 5.69. The SMILES string of the molecule is CCN(CC)C(C)CNC(=NC)N1CCCC(C)C1.I. The highest BCUT2D eigenvalue weighted by molar-refractivity contribution is 14.0. The van der Waals surface area contributed by atoms with Gasteiger partial charge in [0.2, 0.25) is 0 Å². The van der Waals surface area contributed by atoms with Crippen molar-refractivity contribution in [3.05, 3.63) is 0 Å². The van der Waals surface area contributed by atoms with Crippen LogP contribution in [0.15, 0.2) is 4.99 Å². The summed E-state index contributed by atoms with van der Waals surface area (Å²) in [6, 6.07) is 0.550. The van der Waals surface area contributed by atoms with Crippen LogP contribution in [0, 0.1) is 5.92 Å². The van der Waals surface area contributed by atoms with Crippen LogP contribution < -0.4 is 5.32 Å². The fourth-order valence-electron chi connectivity index (χ4n) is 2.93. The number of likely N-dealkylation sites (N-methyl/N-ethyl adjacent to an activating group) is 1. The molecule has 1 fully saturated rings. The summed E-state index contributed by atoms with van der Waals surface area (Å²) in [5.41, 5.74) is 0. The Morgan fingerprint density at radius 3 is 2.55 bits per heavy atom. The smallest absolute Gasteiger partial charge is 0.193 e. The topological polar surface area (TPSA) is 30.9 Å². The summed E-state index contributed by atoms with van der Waals surface area (Å²) in [4.78, 5) is 9.32. The van der Waals surface area contributed by atoms with Crippen LogP contribution in [0.3, 0.4) is 0 Å². The van der Waals surface area contributed by atoms with E-state index < -0.39 is 0 Å². The van der Waals surface area contributed by atoms with Crippen LogP contribution in [-0.4, -0.2) is 61.6 Å². The molecule has 4 nitrogen and oxygen atoms in total. The lowest BCUT2D eigenvalue weighted by molar-refractivity contribution is 0.225. The van der Waals surface area contributed by atoms with Crippen molar-refractivity contribution < 1.29 is 0 Å². The van der Waals surface area contributed by atoms with Gasteiger partial charge in [-0.2, -0.15) is 0 Å². The van der Waals surface area contributed by atoms with E-state index in [0.717, 1.165) is 44.6 Å². The zero-order valence-electron chi connectivity index (χ0n) is 13.9. The summed E-state index contributed by atoms with van der Waals surface area (Å²) >= 11 is 0. The van der Waals surface area contributed by atoms with E-state index >= 15 is 0 Å². The Kier molecular flexibility index (Phi) is 10.6. The maximum absolute atomic E-state index is 4.44. The number of nitrogens with one attached hydrogen (secondary N) is 1. The van der Waals surface area contributed by atoms with Gasteiger partial charge in [-0.3, -0.25) is 9.89 Å². The number of likely N-dealkylation sites (tertiary alicyclic amines) is 1. The minimum atomic E-state index is 0. The quantitative estimate of drug-likeness (QED) is 0.441. The maximum atomic E-state index is 4.44. The van der Waals surface area contributed by atoms with Gasteiger partial charge in [-0.1, -0.05) is 20.8 Å². The number of piperidine rings is 1. The summed E-state index contributed by atoms with van der Waals surface area (Å²) in [6.07, 6.45) is 2.64. The predicted molar refractivity (Wildman–Crippen MR) is 99.1 cm³/mol. The van der Waals surface area contributed by atoms with Crippen LogP contribution in [-0.2, 0) is 0 Å². The lowest BCUT2D eigenvalue weighted by Crippen LogP contribution is -2.50. The Bertz CT molecular complexity index is 279. The van der Waals surface area contributed by atoms with Gasteiger partial charge in [0.1, 0.15) is 0 Å². The van der Waals surface area contributed by atoms with Crippen molar-refractivity contribution in [1.29, 1.82) is 0 Å². The molecule has 1 aliphatic rings. The van der Waals surface area contributed by atoms with Crippen molar-refractivity contribution in [3.8, 4) is 0 Å². The molecule has 1 aliphatic heterocycles. The third kappa shape index (κ3) is 6.16. The van der Waals surface area contributed by atoms with Gasteiger partial charge in [-0.05, 0) is 38.8 Å². The van der Waals surface area contributed by atoms with Gasteiger partial charge in [0.25, 0.3) is 0 Å². The second kappa shape index (κ2) is 10.7. The molecule has 1 saturated heterocycles. The standard InChI is InChI=1S/C15H32N4.HI/c1-6-18(7-2)14(4)11-17-15(16-5)19-10-8-9-13(3)12-19;/h13-14H,6-12H2,1-5H3,(H,16,17);1H. The Hall–Kier alpha value is -0.0400. The van der Waals surface area contributed by atoms with E-state index in [1.54, 1.807) is 0 Å². The first-order chi connectivity index (χ1) is 9.12. The van der Waals surface area contributed by atoms with Crippen molar-refractivity contribution in [2.45, 2.75) is 46.6 Å². The number of halogens is 1. The second-order valence-electron chi connectivity index (χ2n) is 5.69. The van der Waals surface area contributed by atoms with Gasteiger partial charge < -0.3 is 10.2 Å². The fourth-order valence-corrected chi connectivity index (χ4v) is 2.93. The van der Waals surface area contributed by atoms with Crippen molar-refractivity contribution in [2.75, 3.05) is 39.8 Å². The third-order valence-corrected chi connectivity index (χ3v) is 4.16. The Balaban J connectivity index is 0.00000361. The lowest BCUT2D eigenvalue weighted by atomic mass is 10.0. The number of hydrogen-bond acceptors (Lipinski definition) is 2. The number of nitrogens with zero attached hydrogens (tertiary/aromatic N) is 3. The molecule has 0 amide bonds. The minimum absolute atomic E-state index is 0. The maximum Gasteiger partial charge on any atom is 0.193 e. The third-order valence-electron chi connectivity index (χ3n) is 4.16. The minimum Gasteiger partial charge on any atom is -0.355 e. The Labute approximate surface area is 142 Å². The molecule has 0 radical (unpaired) electrons. The van der Waals surface area contributed by atoms with E-state index in [-0.39, 0.29) is 24.0 Å². The van der Waals surface area contributed by atoms with Crippen LogP contribution >= 0.6 is 24.0 Å². The molecule has 20 heavy (non-hydrogen) atoms. The van der Waals surface area contributed by atoms with E-state index in [0.29, 0.717) is 6.04 Å². The molecule has 0 aromatic heterocycles.